The average molecular weight is 669 g/mol. The molecule has 0 bridgehead atoms. The van der Waals surface area contributed by atoms with E-state index < -0.39 is 0 Å². The topological polar surface area (TPSA) is 34.6 Å². The Labute approximate surface area is 302 Å². The lowest BCUT2D eigenvalue weighted by Crippen LogP contribution is -2.22. The van der Waals surface area contributed by atoms with Gasteiger partial charge in [-0.15, -0.1) is 0 Å². The highest BCUT2D eigenvalue weighted by atomic mass is 15.1. The largest absolute Gasteiger partial charge is 0.309 e. The highest BCUT2D eigenvalue weighted by Gasteiger charge is 2.27. The van der Waals surface area contributed by atoms with Crippen LogP contribution < -0.4 is 0 Å². The summed E-state index contributed by atoms with van der Waals surface area (Å²) in [5.74, 6) is 1.95. The molecule has 3 heterocycles. The molecule has 0 radical (unpaired) electrons. The summed E-state index contributed by atoms with van der Waals surface area (Å²) in [6.07, 6.45) is 0.863. The molecule has 0 N–H and O–H groups in total. The van der Waals surface area contributed by atoms with Crippen molar-refractivity contribution in [3.63, 3.8) is 0 Å². The summed E-state index contributed by atoms with van der Waals surface area (Å²) in [5.41, 5.74) is 10.5. The van der Waals surface area contributed by atoms with Gasteiger partial charge in [0, 0.05) is 38.7 Å². The normalized spacial score (nSPS) is 16.3. The van der Waals surface area contributed by atoms with Crippen LogP contribution in [0.25, 0.3) is 60.4 Å². The molecule has 248 valence electrons. The second-order valence-electron chi connectivity index (χ2n) is 13.9. The number of aromatic nitrogens is 2. The van der Waals surface area contributed by atoms with E-state index in [2.05, 4.69) is 186 Å². The van der Waals surface area contributed by atoms with E-state index in [-0.39, 0.29) is 12.0 Å². The predicted octanol–water partition coefficient (Wildman–Crippen LogP) is 12.0. The van der Waals surface area contributed by atoms with Crippen molar-refractivity contribution < 1.29 is 0 Å². The summed E-state index contributed by atoms with van der Waals surface area (Å²) >= 11 is 0. The molecule has 0 fully saturated rings. The Balaban J connectivity index is 1.13. The van der Waals surface area contributed by atoms with Crippen molar-refractivity contribution in [2.24, 2.45) is 15.9 Å². The Bertz CT molecular complexity index is 2820. The average Bonchev–Trinajstić information content (AvgIpc) is 3.65. The molecule has 2 aromatic heterocycles. The molecule has 4 heteroatoms. The van der Waals surface area contributed by atoms with Gasteiger partial charge in [-0.3, -0.25) is 9.56 Å². The van der Waals surface area contributed by atoms with E-state index in [9.17, 15) is 0 Å². The van der Waals surface area contributed by atoms with E-state index in [0.29, 0.717) is 0 Å². The molecule has 0 saturated carbocycles. The predicted molar refractivity (Wildman–Crippen MR) is 218 cm³/mol. The fourth-order valence-electron chi connectivity index (χ4n) is 8.18. The summed E-state index contributed by atoms with van der Waals surface area (Å²) in [6.45, 7) is 2.30. The first kappa shape index (κ1) is 30.3. The fraction of sp³-hybridized carbons (Fsp3) is 0.0833. The smallest absolute Gasteiger partial charge is 0.157 e. The molecule has 0 spiro atoms. The molecular formula is C48H36N4. The molecule has 9 aromatic rings. The number of nitrogens with zero attached hydrogens (tertiary/aromatic N) is 4. The Morgan fingerprint density at radius 2 is 0.962 bits per heavy atom. The third-order valence-corrected chi connectivity index (χ3v) is 10.7. The number of benzene rings is 7. The van der Waals surface area contributed by atoms with E-state index in [0.717, 1.165) is 34.7 Å². The molecule has 1 aliphatic heterocycles. The van der Waals surface area contributed by atoms with E-state index in [4.69, 9.17) is 9.98 Å². The first-order valence-corrected chi connectivity index (χ1v) is 18.1. The van der Waals surface area contributed by atoms with Crippen LogP contribution in [0.3, 0.4) is 0 Å². The minimum atomic E-state index is 0.00936. The van der Waals surface area contributed by atoms with Crippen molar-refractivity contribution in [2.45, 2.75) is 19.4 Å². The van der Waals surface area contributed by atoms with Crippen molar-refractivity contribution in [1.29, 1.82) is 0 Å². The molecule has 1 aliphatic rings. The maximum atomic E-state index is 5.44. The van der Waals surface area contributed by atoms with Gasteiger partial charge in [-0.2, -0.15) is 0 Å². The van der Waals surface area contributed by atoms with Crippen LogP contribution in [0.15, 0.2) is 186 Å². The van der Waals surface area contributed by atoms with Crippen molar-refractivity contribution >= 4 is 55.3 Å². The third-order valence-electron chi connectivity index (χ3n) is 10.7. The van der Waals surface area contributed by atoms with Gasteiger partial charge in [-0.25, -0.2) is 4.99 Å². The highest BCUT2D eigenvalue weighted by Crippen LogP contribution is 2.39. The Morgan fingerprint density at radius 3 is 1.60 bits per heavy atom. The minimum Gasteiger partial charge on any atom is -0.309 e. The Hall–Kier alpha value is -6.52. The third kappa shape index (κ3) is 4.98. The summed E-state index contributed by atoms with van der Waals surface area (Å²) < 4.78 is 4.76. The van der Waals surface area contributed by atoms with Crippen molar-refractivity contribution in [3.8, 4) is 16.8 Å². The van der Waals surface area contributed by atoms with Gasteiger partial charge in [0.25, 0.3) is 0 Å². The molecule has 7 aromatic carbocycles. The standard InChI is InChI=1S/C48H36N4/c1-32-29-42(33-15-5-2-6-16-33)49-47(34-17-7-3-8-18-34)50-48(32)52-44-24-14-12-22-39(44)41-31-36(26-28-46(41)52)35-25-27-45-40(30-35)38-21-11-13-23-43(38)51(45)37-19-9-4-10-20-37/h2-28,30-32,42H,29H2,1H3. The second kappa shape index (κ2) is 12.4. The molecule has 2 unspecified atom stereocenters. The van der Waals surface area contributed by atoms with Crippen LogP contribution in [-0.2, 0) is 0 Å². The van der Waals surface area contributed by atoms with E-state index in [1.807, 2.05) is 6.07 Å². The van der Waals surface area contributed by atoms with Crippen LogP contribution in [0.1, 0.15) is 30.5 Å². The number of hydrogen-bond donors (Lipinski definition) is 0. The quantitative estimate of drug-likeness (QED) is 0.179. The first-order chi connectivity index (χ1) is 25.7. The number of para-hydroxylation sites is 3. The Morgan fingerprint density at radius 1 is 0.462 bits per heavy atom. The van der Waals surface area contributed by atoms with Crippen LogP contribution in [0.5, 0.6) is 0 Å². The summed E-state index contributed by atoms with van der Waals surface area (Å²) in [5, 5.41) is 4.95. The van der Waals surface area contributed by atoms with Crippen molar-refractivity contribution in [2.75, 3.05) is 0 Å². The summed E-state index contributed by atoms with van der Waals surface area (Å²) in [4.78, 5) is 10.8. The number of aliphatic imine (C=N–C) groups is 2. The lowest BCUT2D eigenvalue weighted by molar-refractivity contribution is 0.574. The van der Waals surface area contributed by atoms with Gasteiger partial charge < -0.3 is 4.57 Å². The van der Waals surface area contributed by atoms with Crippen LogP contribution in [0.4, 0.5) is 0 Å². The molecule has 52 heavy (non-hydrogen) atoms. The van der Waals surface area contributed by atoms with Gasteiger partial charge in [0.05, 0.1) is 28.1 Å². The molecule has 0 saturated heterocycles. The van der Waals surface area contributed by atoms with Gasteiger partial charge in [-0.05, 0) is 71.6 Å². The van der Waals surface area contributed by atoms with E-state index >= 15 is 0 Å². The molecule has 4 nitrogen and oxygen atoms in total. The maximum absolute atomic E-state index is 5.44. The molecule has 0 amide bonds. The van der Waals surface area contributed by atoms with Crippen molar-refractivity contribution in [3.05, 3.63) is 187 Å². The van der Waals surface area contributed by atoms with Crippen LogP contribution >= 0.6 is 0 Å². The zero-order valence-electron chi connectivity index (χ0n) is 28.9. The van der Waals surface area contributed by atoms with Crippen LogP contribution in [0.2, 0.25) is 0 Å². The van der Waals surface area contributed by atoms with Gasteiger partial charge in [0.15, 0.2) is 5.84 Å². The van der Waals surface area contributed by atoms with E-state index in [1.165, 1.54) is 55.0 Å². The van der Waals surface area contributed by atoms with Crippen LogP contribution in [-0.4, -0.2) is 20.8 Å². The SMILES string of the molecule is CC1CC(c2ccccc2)N=C(c2ccccc2)N=C1n1c2ccccc2c2cc(-c3ccc4c(c3)c3ccccc3n4-c3ccccc3)ccc21. The lowest BCUT2D eigenvalue weighted by atomic mass is 9.95. The molecule has 10 rings (SSSR count). The van der Waals surface area contributed by atoms with Crippen molar-refractivity contribution in [1.82, 2.24) is 9.13 Å². The molecule has 2 atom stereocenters. The summed E-state index contributed by atoms with van der Waals surface area (Å²) in [7, 11) is 0. The van der Waals surface area contributed by atoms with Gasteiger partial charge in [0.1, 0.15) is 5.84 Å². The number of fused-ring (bicyclic) bond motifs is 6. The maximum Gasteiger partial charge on any atom is 0.157 e. The highest BCUT2D eigenvalue weighted by molar-refractivity contribution is 6.18. The van der Waals surface area contributed by atoms with E-state index in [1.54, 1.807) is 0 Å². The zero-order valence-corrected chi connectivity index (χ0v) is 28.9. The zero-order chi connectivity index (χ0) is 34.6. The number of amidine groups is 1. The monoisotopic (exact) mass is 668 g/mol. The number of rotatable bonds is 4. The molecule has 0 aliphatic carbocycles. The number of hydrogen-bond acceptors (Lipinski definition) is 2. The fourth-order valence-corrected chi connectivity index (χ4v) is 8.18. The van der Waals surface area contributed by atoms with Gasteiger partial charge >= 0.3 is 0 Å². The van der Waals surface area contributed by atoms with Crippen LogP contribution in [0, 0.1) is 5.92 Å². The van der Waals surface area contributed by atoms with Gasteiger partial charge in [0.2, 0.25) is 0 Å². The first-order valence-electron chi connectivity index (χ1n) is 18.1. The minimum absolute atomic E-state index is 0.00936. The van der Waals surface area contributed by atoms with Gasteiger partial charge in [-0.1, -0.05) is 134 Å². The Kier molecular flexibility index (Phi) is 7.21. The second-order valence-corrected chi connectivity index (χ2v) is 13.9. The molecular weight excluding hydrogens is 633 g/mol. The summed E-state index contributed by atoms with van der Waals surface area (Å²) in [6, 6.07) is 63.0. The lowest BCUT2D eigenvalue weighted by Gasteiger charge is -2.19.